The number of carbonyl (C=O) groups excluding carboxylic acids is 1. The Morgan fingerprint density at radius 2 is 1.83 bits per heavy atom. The molecule has 6 heteroatoms. The summed E-state index contributed by atoms with van der Waals surface area (Å²) < 4.78 is 31.7. The highest BCUT2D eigenvalue weighted by molar-refractivity contribution is 7.89. The third-order valence-electron chi connectivity index (χ3n) is 3.29. The summed E-state index contributed by atoms with van der Waals surface area (Å²) in [5.41, 5.74) is 1.79. The molecule has 0 aromatic heterocycles. The molecule has 0 spiro atoms. The predicted molar refractivity (Wildman–Crippen MR) is 87.6 cm³/mol. The Morgan fingerprint density at radius 1 is 1.13 bits per heavy atom. The van der Waals surface area contributed by atoms with Gasteiger partial charge >= 0.3 is 5.97 Å². The Kier molecular flexibility index (Phi) is 5.52. The van der Waals surface area contributed by atoms with E-state index in [4.69, 9.17) is 4.74 Å². The van der Waals surface area contributed by atoms with Crippen LogP contribution in [0.4, 0.5) is 0 Å². The zero-order valence-corrected chi connectivity index (χ0v) is 13.9. The second kappa shape index (κ2) is 7.39. The largest absolute Gasteiger partial charge is 0.457 e. The number of aryl methyl sites for hydroxylation is 1. The van der Waals surface area contributed by atoms with Crippen LogP contribution in [0, 0.1) is 6.92 Å². The molecule has 5 nitrogen and oxygen atoms in total. The van der Waals surface area contributed by atoms with E-state index in [-0.39, 0.29) is 23.6 Å². The Hall–Kier alpha value is -2.18. The zero-order valence-electron chi connectivity index (χ0n) is 13.1. The van der Waals surface area contributed by atoms with Crippen molar-refractivity contribution in [3.8, 4) is 0 Å². The molecule has 0 heterocycles. The van der Waals surface area contributed by atoms with Gasteiger partial charge < -0.3 is 4.74 Å². The third-order valence-corrected chi connectivity index (χ3v) is 4.83. The highest BCUT2D eigenvalue weighted by Gasteiger charge is 2.18. The Bertz CT molecular complexity index is 785. The number of hydrogen-bond donors (Lipinski definition) is 1. The van der Waals surface area contributed by atoms with Gasteiger partial charge in [-0.05, 0) is 30.2 Å². The lowest BCUT2D eigenvalue weighted by Gasteiger charge is -2.10. The highest BCUT2D eigenvalue weighted by atomic mass is 32.2. The predicted octanol–water partition coefficient (Wildman–Crippen LogP) is 2.65. The molecule has 0 saturated heterocycles. The number of esters is 1. The molecule has 0 fully saturated rings. The van der Waals surface area contributed by atoms with Crippen LogP contribution in [0.5, 0.6) is 0 Å². The van der Waals surface area contributed by atoms with Gasteiger partial charge in [-0.25, -0.2) is 17.9 Å². The minimum Gasteiger partial charge on any atom is -0.457 e. The van der Waals surface area contributed by atoms with Gasteiger partial charge in [0.05, 0.1) is 10.5 Å². The molecular formula is C17H19NO4S. The van der Waals surface area contributed by atoms with Gasteiger partial charge in [-0.1, -0.05) is 43.3 Å². The minimum atomic E-state index is -3.61. The van der Waals surface area contributed by atoms with E-state index in [1.165, 1.54) is 12.1 Å². The van der Waals surface area contributed by atoms with Crippen LogP contribution in [0.25, 0.3) is 0 Å². The fourth-order valence-corrected chi connectivity index (χ4v) is 3.13. The number of benzene rings is 2. The summed E-state index contributed by atoms with van der Waals surface area (Å²) in [7, 11) is -3.61. The molecule has 0 aliphatic heterocycles. The standard InChI is InChI=1S/C17H19NO4S/c1-3-18-23(20,21)15-10-9-13(2)16(11-15)17(19)22-12-14-7-5-4-6-8-14/h4-11,18H,3,12H2,1-2H3. The van der Waals surface area contributed by atoms with Crippen molar-refractivity contribution >= 4 is 16.0 Å². The molecule has 0 unspecified atom stereocenters. The Morgan fingerprint density at radius 3 is 2.48 bits per heavy atom. The molecule has 1 N–H and O–H groups in total. The maximum absolute atomic E-state index is 12.2. The number of ether oxygens (including phenoxy) is 1. The smallest absolute Gasteiger partial charge is 0.338 e. The zero-order chi connectivity index (χ0) is 16.9. The van der Waals surface area contributed by atoms with E-state index >= 15 is 0 Å². The van der Waals surface area contributed by atoms with Crippen molar-refractivity contribution in [1.82, 2.24) is 4.72 Å². The van der Waals surface area contributed by atoms with Crippen LogP contribution in [0.15, 0.2) is 53.4 Å². The second-order valence-corrected chi connectivity index (χ2v) is 6.81. The topological polar surface area (TPSA) is 72.5 Å². The van der Waals surface area contributed by atoms with Crippen LogP contribution in [0.2, 0.25) is 0 Å². The first kappa shape index (κ1) is 17.2. The van der Waals surface area contributed by atoms with E-state index < -0.39 is 16.0 Å². The van der Waals surface area contributed by atoms with Crippen molar-refractivity contribution in [2.75, 3.05) is 6.54 Å². The van der Waals surface area contributed by atoms with Crippen LogP contribution in [0.3, 0.4) is 0 Å². The van der Waals surface area contributed by atoms with E-state index in [1.807, 2.05) is 30.3 Å². The van der Waals surface area contributed by atoms with Crippen LogP contribution in [-0.2, 0) is 21.4 Å². The lowest BCUT2D eigenvalue weighted by molar-refractivity contribution is 0.0471. The minimum absolute atomic E-state index is 0.0524. The van der Waals surface area contributed by atoms with Crippen LogP contribution < -0.4 is 4.72 Å². The molecule has 0 radical (unpaired) electrons. The van der Waals surface area contributed by atoms with Crippen molar-refractivity contribution in [1.29, 1.82) is 0 Å². The molecule has 2 aromatic rings. The van der Waals surface area contributed by atoms with Gasteiger partial charge in [-0.15, -0.1) is 0 Å². The van der Waals surface area contributed by atoms with Gasteiger partial charge in [0.15, 0.2) is 0 Å². The Labute approximate surface area is 136 Å². The first-order valence-electron chi connectivity index (χ1n) is 7.25. The summed E-state index contributed by atoms with van der Waals surface area (Å²) in [5.74, 6) is -0.542. The van der Waals surface area contributed by atoms with Crippen molar-refractivity contribution in [2.45, 2.75) is 25.3 Å². The monoisotopic (exact) mass is 333 g/mol. The van der Waals surface area contributed by atoms with Crippen molar-refractivity contribution < 1.29 is 17.9 Å². The third kappa shape index (κ3) is 4.40. The maximum Gasteiger partial charge on any atom is 0.338 e. The molecule has 0 saturated carbocycles. The average Bonchev–Trinajstić information content (AvgIpc) is 2.53. The van der Waals surface area contributed by atoms with Gasteiger partial charge in [-0.2, -0.15) is 0 Å². The lowest BCUT2D eigenvalue weighted by Crippen LogP contribution is -2.23. The van der Waals surface area contributed by atoms with E-state index in [0.717, 1.165) is 5.56 Å². The lowest BCUT2D eigenvalue weighted by atomic mass is 10.1. The molecule has 2 aromatic carbocycles. The summed E-state index contributed by atoms with van der Waals surface area (Å²) in [6.07, 6.45) is 0. The van der Waals surface area contributed by atoms with Crippen LogP contribution in [-0.4, -0.2) is 20.9 Å². The molecule has 122 valence electrons. The fourth-order valence-electron chi connectivity index (χ4n) is 2.06. The van der Waals surface area contributed by atoms with Gasteiger partial charge in [-0.3, -0.25) is 0 Å². The molecule has 0 amide bonds. The van der Waals surface area contributed by atoms with Crippen molar-refractivity contribution in [2.24, 2.45) is 0 Å². The molecule has 0 aliphatic rings. The SMILES string of the molecule is CCNS(=O)(=O)c1ccc(C)c(C(=O)OCc2ccccc2)c1. The van der Waals surface area contributed by atoms with Gasteiger partial charge in [0, 0.05) is 6.54 Å². The summed E-state index contributed by atoms with van der Waals surface area (Å²) in [6, 6.07) is 13.7. The summed E-state index contributed by atoms with van der Waals surface area (Å²) in [6.45, 7) is 3.86. The number of carbonyl (C=O) groups is 1. The van der Waals surface area contributed by atoms with E-state index in [9.17, 15) is 13.2 Å². The van der Waals surface area contributed by atoms with Gasteiger partial charge in [0.2, 0.25) is 10.0 Å². The van der Waals surface area contributed by atoms with E-state index in [1.54, 1.807) is 19.9 Å². The summed E-state index contributed by atoms with van der Waals surface area (Å²) >= 11 is 0. The number of hydrogen-bond acceptors (Lipinski definition) is 4. The summed E-state index contributed by atoms with van der Waals surface area (Å²) in [5, 5.41) is 0. The molecule has 0 aliphatic carbocycles. The number of nitrogens with one attached hydrogen (secondary N) is 1. The molecule has 0 bridgehead atoms. The average molecular weight is 333 g/mol. The number of sulfonamides is 1. The molecule has 0 atom stereocenters. The number of rotatable bonds is 6. The second-order valence-electron chi connectivity index (χ2n) is 5.04. The quantitative estimate of drug-likeness (QED) is 0.825. The molecular weight excluding hydrogens is 314 g/mol. The maximum atomic E-state index is 12.2. The fraction of sp³-hybridized carbons (Fsp3) is 0.235. The highest BCUT2D eigenvalue weighted by Crippen LogP contribution is 2.17. The molecule has 23 heavy (non-hydrogen) atoms. The molecule has 2 rings (SSSR count). The van der Waals surface area contributed by atoms with Crippen molar-refractivity contribution in [3.05, 3.63) is 65.2 Å². The first-order chi connectivity index (χ1) is 10.9. The van der Waals surface area contributed by atoms with E-state index in [2.05, 4.69) is 4.72 Å². The van der Waals surface area contributed by atoms with Gasteiger partial charge in [0.25, 0.3) is 0 Å². The van der Waals surface area contributed by atoms with Crippen LogP contribution >= 0.6 is 0 Å². The Balaban J connectivity index is 2.20. The van der Waals surface area contributed by atoms with Gasteiger partial charge in [0.1, 0.15) is 6.61 Å². The summed E-state index contributed by atoms with van der Waals surface area (Å²) in [4.78, 5) is 12.3. The van der Waals surface area contributed by atoms with E-state index in [0.29, 0.717) is 5.56 Å². The normalized spacial score (nSPS) is 11.2. The first-order valence-corrected chi connectivity index (χ1v) is 8.73. The van der Waals surface area contributed by atoms with Crippen molar-refractivity contribution in [3.63, 3.8) is 0 Å². The van der Waals surface area contributed by atoms with Crippen LogP contribution in [0.1, 0.15) is 28.4 Å².